The van der Waals surface area contributed by atoms with Gasteiger partial charge in [-0.25, -0.2) is 4.79 Å². The summed E-state index contributed by atoms with van der Waals surface area (Å²) in [5.41, 5.74) is -14.3. The molecule has 8 rings (SSSR count). The largest absolute Gasteiger partial charge is 0.451 e. The van der Waals surface area contributed by atoms with E-state index in [2.05, 4.69) is 10.1 Å². The first kappa shape index (κ1) is 28.9. The fourth-order valence-corrected chi connectivity index (χ4v) is 10.2. The molecule has 1 aromatic carbocycles. The Hall–Kier alpha value is -2.80. The summed E-state index contributed by atoms with van der Waals surface area (Å²) in [5.74, 6) is -4.32. The van der Waals surface area contributed by atoms with Crippen LogP contribution in [-0.4, -0.2) is 82.1 Å². The standard InChI is InChI=1S/C32H40N2O9/c1-18(2)29(38)24(42-23(35)21-12-9-15-33-21)30(39)25(4)17-28(37)26(29,5)32(30,40)31(43-28)22(19(3)13-14-27(25,31)36)34-41-16-20-10-7-6-8-11-20/h6-12,15,18-19,24,33,36-40H,13-14,16-17H2,1-5H3/b34-22+/t19-,24+,25-,26+,27-,28-,29+,30+,31+,32+/m0/s1. The van der Waals surface area contributed by atoms with E-state index in [0.717, 1.165) is 5.56 Å². The SMILES string of the molecule is CC(C)[C@@]1(O)[C@@H](OC(=O)c2ccc[nH]2)[C@@]2(O)[C@@]3(C)C[C@]4(O)O[C@@]5(/C(=N/OCc6ccccc6)[C@@H](C)CC[C@]35O)[C@@]2(O)[C@@]14C. The van der Waals surface area contributed by atoms with Crippen LogP contribution in [0.5, 0.6) is 0 Å². The normalized spacial score (nSPS) is 50.0. The molecule has 1 aromatic heterocycles. The topological polar surface area (TPSA) is 174 Å². The average molecular weight is 597 g/mol. The second-order valence-corrected chi connectivity index (χ2v) is 14.1. The van der Waals surface area contributed by atoms with Gasteiger partial charge in [0.15, 0.2) is 17.5 Å². The number of aliphatic hydroxyl groups is 5. The van der Waals surface area contributed by atoms with Crippen molar-refractivity contribution in [2.75, 3.05) is 0 Å². The summed E-state index contributed by atoms with van der Waals surface area (Å²) in [6, 6.07) is 12.4. The van der Waals surface area contributed by atoms with E-state index in [1.807, 2.05) is 37.3 Å². The molecule has 6 bridgehead atoms. The van der Waals surface area contributed by atoms with Crippen molar-refractivity contribution < 1.29 is 44.6 Å². The highest BCUT2D eigenvalue weighted by Crippen LogP contribution is 2.90. The van der Waals surface area contributed by atoms with Gasteiger partial charge >= 0.3 is 5.97 Å². The van der Waals surface area contributed by atoms with Crippen molar-refractivity contribution in [2.24, 2.45) is 27.8 Å². The molecule has 0 radical (unpaired) electrons. The summed E-state index contributed by atoms with van der Waals surface area (Å²) >= 11 is 0. The smallest absolute Gasteiger partial charge is 0.355 e. The minimum Gasteiger partial charge on any atom is -0.451 e. The molecule has 2 saturated heterocycles. The number of aromatic nitrogens is 1. The fraction of sp³-hybridized carbons (Fsp3) is 0.625. The van der Waals surface area contributed by atoms with Crippen molar-refractivity contribution >= 4 is 11.7 Å². The summed E-state index contributed by atoms with van der Waals surface area (Å²) in [4.78, 5) is 22.0. The van der Waals surface area contributed by atoms with Gasteiger partial charge < -0.3 is 44.8 Å². The zero-order valence-electron chi connectivity index (χ0n) is 25.0. The molecule has 4 saturated carbocycles. The molecule has 11 heteroatoms. The molecule has 1 spiro atoms. The second kappa shape index (κ2) is 8.26. The number of nitrogens with one attached hydrogen (secondary N) is 1. The molecule has 6 fully saturated rings. The third-order valence-corrected chi connectivity index (χ3v) is 12.3. The van der Waals surface area contributed by atoms with Gasteiger partial charge in [-0.2, -0.15) is 0 Å². The Morgan fingerprint density at radius 1 is 1.09 bits per heavy atom. The van der Waals surface area contributed by atoms with E-state index in [1.165, 1.54) is 19.2 Å². The van der Waals surface area contributed by atoms with Crippen LogP contribution < -0.4 is 0 Å². The zero-order valence-corrected chi connectivity index (χ0v) is 25.0. The number of oxime groups is 1. The number of carbonyl (C=O) groups excluding carboxylic acids is 1. The van der Waals surface area contributed by atoms with Crippen LogP contribution in [0, 0.1) is 22.7 Å². The third kappa shape index (κ3) is 2.61. The Bertz CT molecular complexity index is 1520. The lowest BCUT2D eigenvalue weighted by atomic mass is 9.52. The number of benzene rings is 1. The van der Waals surface area contributed by atoms with Crippen molar-refractivity contribution in [3.8, 4) is 0 Å². The van der Waals surface area contributed by atoms with E-state index < -0.39 is 68.5 Å². The molecule has 4 aliphatic carbocycles. The van der Waals surface area contributed by atoms with E-state index in [-0.39, 0.29) is 30.9 Å². The van der Waals surface area contributed by atoms with E-state index in [0.29, 0.717) is 6.42 Å². The van der Waals surface area contributed by atoms with E-state index in [4.69, 9.17) is 14.3 Å². The minimum atomic E-state index is -2.59. The lowest BCUT2D eigenvalue weighted by Crippen LogP contribution is -2.74. The van der Waals surface area contributed by atoms with Gasteiger partial charge in [-0.1, -0.05) is 63.2 Å². The van der Waals surface area contributed by atoms with Gasteiger partial charge in [0.25, 0.3) is 0 Å². The molecule has 43 heavy (non-hydrogen) atoms. The first-order valence-corrected chi connectivity index (χ1v) is 15.0. The number of rotatable bonds is 6. The maximum Gasteiger partial charge on any atom is 0.355 e. The van der Waals surface area contributed by atoms with Gasteiger partial charge in [-0.05, 0) is 43.4 Å². The molecule has 11 nitrogen and oxygen atoms in total. The average Bonchev–Trinajstić information content (AvgIpc) is 3.59. The van der Waals surface area contributed by atoms with Gasteiger partial charge in [-0.15, -0.1) is 0 Å². The quantitative estimate of drug-likeness (QED) is 0.215. The van der Waals surface area contributed by atoms with Crippen LogP contribution in [0.4, 0.5) is 0 Å². The van der Waals surface area contributed by atoms with Crippen LogP contribution >= 0.6 is 0 Å². The van der Waals surface area contributed by atoms with Crippen LogP contribution in [0.15, 0.2) is 53.8 Å². The highest BCUT2D eigenvalue weighted by molar-refractivity contribution is 6.01. The van der Waals surface area contributed by atoms with Gasteiger partial charge in [-0.3, -0.25) is 0 Å². The van der Waals surface area contributed by atoms with Crippen LogP contribution in [0.25, 0.3) is 0 Å². The van der Waals surface area contributed by atoms with Gasteiger partial charge in [0.2, 0.25) is 0 Å². The maximum atomic E-state index is 13.5. The predicted octanol–water partition coefficient (Wildman–Crippen LogP) is 2.02. The molecule has 0 amide bonds. The maximum absolute atomic E-state index is 13.5. The van der Waals surface area contributed by atoms with Gasteiger partial charge in [0.1, 0.15) is 34.7 Å². The van der Waals surface area contributed by atoms with E-state index in [9.17, 15) is 30.3 Å². The minimum absolute atomic E-state index is 0.0744. The predicted molar refractivity (Wildman–Crippen MR) is 151 cm³/mol. The number of hydrogen-bond acceptors (Lipinski definition) is 10. The van der Waals surface area contributed by atoms with Crippen molar-refractivity contribution in [1.29, 1.82) is 0 Å². The third-order valence-electron chi connectivity index (χ3n) is 12.3. The molecular weight excluding hydrogens is 556 g/mol. The van der Waals surface area contributed by atoms with Crippen LogP contribution in [-0.2, 0) is 20.9 Å². The zero-order chi connectivity index (χ0) is 31.1. The van der Waals surface area contributed by atoms with Crippen molar-refractivity contribution in [3.05, 3.63) is 59.9 Å². The summed E-state index contributed by atoms with van der Waals surface area (Å²) in [5, 5.41) is 69.1. The molecule has 2 aromatic rings. The van der Waals surface area contributed by atoms with Crippen molar-refractivity contribution in [3.63, 3.8) is 0 Å². The first-order chi connectivity index (χ1) is 20.1. The van der Waals surface area contributed by atoms with Crippen molar-refractivity contribution in [1.82, 2.24) is 4.98 Å². The first-order valence-electron chi connectivity index (χ1n) is 15.0. The fourth-order valence-electron chi connectivity index (χ4n) is 10.2. The number of carbonyl (C=O) groups is 1. The second-order valence-electron chi connectivity index (χ2n) is 14.1. The van der Waals surface area contributed by atoms with Crippen molar-refractivity contribution in [2.45, 2.75) is 100 Å². The van der Waals surface area contributed by atoms with Crippen LogP contribution in [0.3, 0.4) is 0 Å². The Labute approximate surface area is 249 Å². The summed E-state index contributed by atoms with van der Waals surface area (Å²) in [6.45, 7) is 8.27. The lowest BCUT2D eigenvalue weighted by Gasteiger charge is -2.59. The van der Waals surface area contributed by atoms with E-state index in [1.54, 1.807) is 26.8 Å². The number of hydrogen-bond donors (Lipinski definition) is 6. The molecular formula is C32H40N2O9. The highest BCUT2D eigenvalue weighted by Gasteiger charge is 3.10. The molecule has 0 unspecified atom stereocenters. The van der Waals surface area contributed by atoms with Crippen LogP contribution in [0.2, 0.25) is 0 Å². The number of nitrogens with zero attached hydrogens (tertiary/aromatic N) is 1. The number of aromatic amines is 1. The molecule has 6 N–H and O–H groups in total. The van der Waals surface area contributed by atoms with Crippen LogP contribution in [0.1, 0.15) is 69.9 Å². The summed E-state index contributed by atoms with van der Waals surface area (Å²) < 4.78 is 12.5. The Kier molecular flexibility index (Phi) is 5.56. The number of H-pyrrole nitrogens is 1. The molecule has 6 aliphatic rings. The van der Waals surface area contributed by atoms with Gasteiger partial charge in [0.05, 0.1) is 11.1 Å². The molecule has 2 aliphatic heterocycles. The number of esters is 1. The Morgan fingerprint density at radius 2 is 1.79 bits per heavy atom. The number of ether oxygens (including phenoxy) is 2. The highest BCUT2D eigenvalue weighted by atomic mass is 16.7. The molecule has 10 atom stereocenters. The Balaban J connectivity index is 1.47. The lowest BCUT2D eigenvalue weighted by molar-refractivity contribution is -0.366. The molecule has 232 valence electrons. The monoisotopic (exact) mass is 596 g/mol. The summed E-state index contributed by atoms with van der Waals surface area (Å²) in [6.07, 6.45) is -0.0914. The Morgan fingerprint density at radius 3 is 2.42 bits per heavy atom. The molecule has 3 heterocycles. The van der Waals surface area contributed by atoms with E-state index >= 15 is 0 Å². The summed E-state index contributed by atoms with van der Waals surface area (Å²) in [7, 11) is 0. The van der Waals surface area contributed by atoms with Gasteiger partial charge in [0, 0.05) is 24.0 Å².